The number of hydrogen-bond donors (Lipinski definition) is 1. The highest BCUT2D eigenvalue weighted by atomic mass is 79.9. The molecule has 1 aromatic carbocycles. The van der Waals surface area contributed by atoms with Crippen LogP contribution in [0.3, 0.4) is 0 Å². The Morgan fingerprint density at radius 2 is 2.06 bits per heavy atom. The van der Waals surface area contributed by atoms with Crippen molar-refractivity contribution in [1.82, 2.24) is 4.90 Å². The summed E-state index contributed by atoms with van der Waals surface area (Å²) in [6, 6.07) is 5.62. The Hall–Kier alpha value is -0.580. The van der Waals surface area contributed by atoms with E-state index < -0.39 is 0 Å². The summed E-state index contributed by atoms with van der Waals surface area (Å²) in [6.45, 7) is 1.42. The maximum Gasteiger partial charge on any atom is 0.255 e. The third-order valence-electron chi connectivity index (χ3n) is 3.01. The van der Waals surface area contributed by atoms with Crippen LogP contribution in [0.25, 0.3) is 0 Å². The van der Waals surface area contributed by atoms with E-state index in [2.05, 4.69) is 15.9 Å². The van der Waals surface area contributed by atoms with Gasteiger partial charge < -0.3 is 10.6 Å². The van der Waals surface area contributed by atoms with Crippen LogP contribution in [0.15, 0.2) is 22.7 Å². The van der Waals surface area contributed by atoms with Gasteiger partial charge in [-0.25, -0.2) is 0 Å². The number of nitrogens with zero attached hydrogens (tertiary/aromatic N) is 1. The van der Waals surface area contributed by atoms with Crippen molar-refractivity contribution >= 4 is 33.4 Å². The highest BCUT2D eigenvalue weighted by molar-refractivity contribution is 9.10. The number of halogens is 2. The molecule has 0 aromatic heterocycles. The molecule has 1 aliphatic rings. The second kappa shape index (κ2) is 5.38. The second-order valence-electron chi connectivity index (χ2n) is 4.23. The molecule has 0 radical (unpaired) electrons. The van der Waals surface area contributed by atoms with Crippen LogP contribution >= 0.6 is 27.5 Å². The first kappa shape index (κ1) is 12.9. The van der Waals surface area contributed by atoms with E-state index in [1.54, 1.807) is 6.07 Å². The molecule has 1 amide bonds. The molecule has 2 rings (SSSR count). The molecule has 0 atom stereocenters. The lowest BCUT2D eigenvalue weighted by Gasteiger charge is -2.30. The predicted octanol–water partition coefficient (Wildman–Crippen LogP) is 2.67. The van der Waals surface area contributed by atoms with Crippen LogP contribution < -0.4 is 5.73 Å². The summed E-state index contributed by atoms with van der Waals surface area (Å²) in [5.74, 6) is -0.0109. The minimum atomic E-state index is -0.0109. The van der Waals surface area contributed by atoms with Crippen molar-refractivity contribution in [2.75, 3.05) is 13.1 Å². The van der Waals surface area contributed by atoms with Crippen molar-refractivity contribution < 1.29 is 4.79 Å². The molecule has 5 heteroatoms. The monoisotopic (exact) mass is 316 g/mol. The van der Waals surface area contributed by atoms with Crippen molar-refractivity contribution in [3.8, 4) is 0 Å². The second-order valence-corrected chi connectivity index (χ2v) is 5.46. The van der Waals surface area contributed by atoms with Crippen molar-refractivity contribution in [3.63, 3.8) is 0 Å². The Balaban J connectivity index is 2.17. The summed E-state index contributed by atoms with van der Waals surface area (Å²) in [5.41, 5.74) is 6.37. The predicted molar refractivity (Wildman–Crippen MR) is 72.3 cm³/mol. The van der Waals surface area contributed by atoms with Gasteiger partial charge in [0.15, 0.2) is 0 Å². The van der Waals surface area contributed by atoms with Gasteiger partial charge in [-0.15, -0.1) is 0 Å². The van der Waals surface area contributed by atoms with Gasteiger partial charge in [0.2, 0.25) is 0 Å². The first-order valence-corrected chi connectivity index (χ1v) is 6.75. The first-order valence-electron chi connectivity index (χ1n) is 5.58. The number of hydrogen-bond acceptors (Lipinski definition) is 2. The fraction of sp³-hybridized carbons (Fsp3) is 0.417. The van der Waals surface area contributed by atoms with Crippen LogP contribution in [0.1, 0.15) is 23.2 Å². The van der Waals surface area contributed by atoms with E-state index in [9.17, 15) is 4.79 Å². The standard InChI is InChI=1S/C12H14BrClN2O/c13-10-3-1-2-9(11(10)14)12(17)16-6-4-8(15)5-7-16/h1-3,8H,4-7,15H2. The summed E-state index contributed by atoms with van der Waals surface area (Å²) in [7, 11) is 0. The van der Waals surface area contributed by atoms with Gasteiger partial charge in [-0.3, -0.25) is 4.79 Å². The average Bonchev–Trinajstić information content (AvgIpc) is 2.33. The highest BCUT2D eigenvalue weighted by Crippen LogP contribution is 2.27. The van der Waals surface area contributed by atoms with Crippen LogP contribution in [0.4, 0.5) is 0 Å². The average molecular weight is 318 g/mol. The van der Waals surface area contributed by atoms with E-state index in [1.165, 1.54) is 0 Å². The van der Waals surface area contributed by atoms with E-state index in [1.807, 2.05) is 17.0 Å². The van der Waals surface area contributed by atoms with Gasteiger partial charge in [0.1, 0.15) is 0 Å². The van der Waals surface area contributed by atoms with E-state index in [0.717, 1.165) is 17.3 Å². The number of piperidine rings is 1. The summed E-state index contributed by atoms with van der Waals surface area (Å²) < 4.78 is 0.749. The van der Waals surface area contributed by atoms with Gasteiger partial charge in [-0.1, -0.05) is 17.7 Å². The maximum absolute atomic E-state index is 12.3. The fourth-order valence-electron chi connectivity index (χ4n) is 1.94. The van der Waals surface area contributed by atoms with Gasteiger partial charge >= 0.3 is 0 Å². The molecule has 2 N–H and O–H groups in total. The third kappa shape index (κ3) is 2.81. The number of carbonyl (C=O) groups is 1. The summed E-state index contributed by atoms with van der Waals surface area (Å²) >= 11 is 9.44. The minimum Gasteiger partial charge on any atom is -0.338 e. The Morgan fingerprint density at radius 3 is 2.71 bits per heavy atom. The lowest BCUT2D eigenvalue weighted by molar-refractivity contribution is 0.0715. The molecule has 0 bridgehead atoms. The van der Waals surface area contributed by atoms with Crippen LogP contribution in [0, 0.1) is 0 Å². The SMILES string of the molecule is NC1CCN(C(=O)c2cccc(Br)c2Cl)CC1. The molecule has 17 heavy (non-hydrogen) atoms. The molecular formula is C12H14BrClN2O. The molecule has 3 nitrogen and oxygen atoms in total. The first-order chi connectivity index (χ1) is 8.09. The molecule has 0 aliphatic carbocycles. The Bertz CT molecular complexity index is 431. The zero-order valence-electron chi connectivity index (χ0n) is 9.33. The number of carbonyl (C=O) groups excluding carboxylic acids is 1. The van der Waals surface area contributed by atoms with Gasteiger partial charge in [0.25, 0.3) is 5.91 Å². The van der Waals surface area contributed by atoms with E-state index in [-0.39, 0.29) is 11.9 Å². The van der Waals surface area contributed by atoms with Gasteiger partial charge in [-0.2, -0.15) is 0 Å². The lowest BCUT2D eigenvalue weighted by Crippen LogP contribution is -2.42. The molecule has 1 aromatic rings. The Morgan fingerprint density at radius 1 is 1.41 bits per heavy atom. The highest BCUT2D eigenvalue weighted by Gasteiger charge is 2.23. The number of nitrogens with two attached hydrogens (primary N) is 1. The molecular weight excluding hydrogens is 304 g/mol. The summed E-state index contributed by atoms with van der Waals surface area (Å²) in [4.78, 5) is 14.1. The van der Waals surface area contributed by atoms with Crippen molar-refractivity contribution in [2.45, 2.75) is 18.9 Å². The number of benzene rings is 1. The molecule has 92 valence electrons. The van der Waals surface area contributed by atoms with Gasteiger partial charge in [0, 0.05) is 23.6 Å². The zero-order chi connectivity index (χ0) is 12.4. The molecule has 1 fully saturated rings. The van der Waals surface area contributed by atoms with Crippen molar-refractivity contribution in [3.05, 3.63) is 33.3 Å². The van der Waals surface area contributed by atoms with Gasteiger partial charge in [-0.05, 0) is 40.9 Å². The van der Waals surface area contributed by atoms with Gasteiger partial charge in [0.05, 0.1) is 10.6 Å². The summed E-state index contributed by atoms with van der Waals surface area (Å²) in [6.07, 6.45) is 1.72. The molecule has 1 saturated heterocycles. The number of likely N-dealkylation sites (tertiary alicyclic amines) is 1. The van der Waals surface area contributed by atoms with Crippen molar-refractivity contribution in [2.24, 2.45) is 5.73 Å². The Labute approximate surface area is 114 Å². The van der Waals surface area contributed by atoms with Crippen LogP contribution in [0.5, 0.6) is 0 Å². The fourth-order valence-corrected chi connectivity index (χ4v) is 2.51. The van der Waals surface area contributed by atoms with Crippen molar-refractivity contribution in [1.29, 1.82) is 0 Å². The van der Waals surface area contributed by atoms with Crippen LogP contribution in [0.2, 0.25) is 5.02 Å². The molecule has 0 spiro atoms. The van der Waals surface area contributed by atoms with Crippen LogP contribution in [-0.2, 0) is 0 Å². The number of amides is 1. The maximum atomic E-state index is 12.3. The largest absolute Gasteiger partial charge is 0.338 e. The molecule has 1 heterocycles. The quantitative estimate of drug-likeness (QED) is 0.865. The van der Waals surface area contributed by atoms with E-state index in [0.29, 0.717) is 23.7 Å². The zero-order valence-corrected chi connectivity index (χ0v) is 11.7. The topological polar surface area (TPSA) is 46.3 Å². The van der Waals surface area contributed by atoms with Crippen LogP contribution in [-0.4, -0.2) is 29.9 Å². The third-order valence-corrected chi connectivity index (χ3v) is 4.31. The minimum absolute atomic E-state index is 0.0109. The normalized spacial score (nSPS) is 17.2. The van der Waals surface area contributed by atoms with E-state index in [4.69, 9.17) is 17.3 Å². The molecule has 1 aliphatic heterocycles. The molecule has 0 saturated carbocycles. The molecule has 0 unspecified atom stereocenters. The Kier molecular flexibility index (Phi) is 4.07. The smallest absolute Gasteiger partial charge is 0.255 e. The van der Waals surface area contributed by atoms with E-state index >= 15 is 0 Å². The summed E-state index contributed by atoms with van der Waals surface area (Å²) in [5, 5.41) is 0.479. The lowest BCUT2D eigenvalue weighted by atomic mass is 10.0. The number of rotatable bonds is 1.